The number of alkyl halides is 3. The number of amides is 1. The molecule has 2 aliphatic carbocycles. The number of aromatic amines is 1. The molecule has 2 aliphatic rings. The lowest BCUT2D eigenvalue weighted by atomic mass is 9.97. The van der Waals surface area contributed by atoms with Gasteiger partial charge < -0.3 is 15.0 Å². The number of carbonyl (C=O) groups is 1. The van der Waals surface area contributed by atoms with E-state index in [9.17, 15) is 22.8 Å². The Bertz CT molecular complexity index is 954. The predicted molar refractivity (Wildman–Crippen MR) is 96.3 cm³/mol. The zero-order chi connectivity index (χ0) is 19.9. The van der Waals surface area contributed by atoms with E-state index in [1.165, 1.54) is 18.3 Å². The van der Waals surface area contributed by atoms with Crippen LogP contribution in [0.1, 0.15) is 41.6 Å². The first-order valence-electron chi connectivity index (χ1n) is 9.17. The average Bonchev–Trinajstić information content (AvgIpc) is 3.24. The number of benzene rings is 1. The van der Waals surface area contributed by atoms with E-state index < -0.39 is 23.2 Å². The van der Waals surface area contributed by atoms with Crippen molar-refractivity contribution in [2.75, 3.05) is 5.32 Å². The van der Waals surface area contributed by atoms with Crippen molar-refractivity contribution in [1.82, 2.24) is 4.98 Å². The molecule has 148 valence electrons. The number of nitrogens with one attached hydrogen (secondary N) is 2. The van der Waals surface area contributed by atoms with Crippen LogP contribution in [0, 0.1) is 11.8 Å². The van der Waals surface area contributed by atoms with E-state index in [1.807, 2.05) is 0 Å². The molecule has 1 amide bonds. The molecule has 3 atom stereocenters. The Morgan fingerprint density at radius 3 is 2.61 bits per heavy atom. The average molecular weight is 392 g/mol. The summed E-state index contributed by atoms with van der Waals surface area (Å²) in [5.41, 5.74) is -1.00. The lowest BCUT2D eigenvalue weighted by Crippen LogP contribution is -2.25. The van der Waals surface area contributed by atoms with Crippen molar-refractivity contribution in [1.29, 1.82) is 0 Å². The van der Waals surface area contributed by atoms with Crippen molar-refractivity contribution in [2.45, 2.75) is 38.0 Å². The molecule has 2 fully saturated rings. The first kappa shape index (κ1) is 18.6. The van der Waals surface area contributed by atoms with Gasteiger partial charge in [-0.15, -0.1) is 0 Å². The van der Waals surface area contributed by atoms with Gasteiger partial charge in [-0.25, -0.2) is 0 Å². The molecule has 0 aliphatic heterocycles. The van der Waals surface area contributed by atoms with Gasteiger partial charge in [0.1, 0.15) is 11.9 Å². The van der Waals surface area contributed by atoms with E-state index in [-0.39, 0.29) is 23.1 Å². The monoisotopic (exact) mass is 392 g/mol. The summed E-state index contributed by atoms with van der Waals surface area (Å²) in [5, 5.41) is 2.54. The van der Waals surface area contributed by atoms with Crippen LogP contribution in [-0.2, 0) is 6.18 Å². The van der Waals surface area contributed by atoms with Gasteiger partial charge in [-0.2, -0.15) is 13.2 Å². The zero-order valence-electron chi connectivity index (χ0n) is 14.9. The Hall–Kier alpha value is -2.77. The van der Waals surface area contributed by atoms with E-state index in [2.05, 4.69) is 10.3 Å². The highest BCUT2D eigenvalue weighted by Gasteiger charge is 2.41. The molecule has 0 radical (unpaired) electrons. The lowest BCUT2D eigenvalue weighted by molar-refractivity contribution is -0.137. The van der Waals surface area contributed by atoms with E-state index >= 15 is 0 Å². The predicted octanol–water partition coefficient (Wildman–Crippen LogP) is 4.21. The summed E-state index contributed by atoms with van der Waals surface area (Å²) in [6, 6.07) is 5.55. The second-order valence-electron chi connectivity index (χ2n) is 7.44. The number of carbonyl (C=O) groups excluding carboxylic acids is 1. The number of fused-ring (bicyclic) bond motifs is 2. The second-order valence-corrected chi connectivity index (χ2v) is 7.44. The van der Waals surface area contributed by atoms with Gasteiger partial charge in [0.15, 0.2) is 0 Å². The van der Waals surface area contributed by atoms with Gasteiger partial charge in [0.05, 0.1) is 11.1 Å². The maximum atomic E-state index is 13.2. The number of anilines is 1. The van der Waals surface area contributed by atoms with E-state index in [0.29, 0.717) is 11.8 Å². The topological polar surface area (TPSA) is 71.2 Å². The molecule has 2 saturated carbocycles. The third-order valence-corrected chi connectivity index (χ3v) is 5.54. The number of H-pyrrole nitrogens is 1. The molecule has 2 N–H and O–H groups in total. The zero-order valence-corrected chi connectivity index (χ0v) is 14.9. The van der Waals surface area contributed by atoms with Crippen LogP contribution in [0.25, 0.3) is 0 Å². The van der Waals surface area contributed by atoms with Gasteiger partial charge in [0, 0.05) is 18.0 Å². The molecule has 0 spiro atoms. The molecule has 5 nitrogen and oxygen atoms in total. The van der Waals surface area contributed by atoms with Crippen LogP contribution in [0.2, 0.25) is 0 Å². The molecule has 2 bridgehead atoms. The number of aromatic nitrogens is 1. The minimum absolute atomic E-state index is 0.0102. The van der Waals surface area contributed by atoms with Crippen molar-refractivity contribution in [3.63, 3.8) is 0 Å². The smallest absolute Gasteiger partial charge is 0.416 e. The fraction of sp³-hybridized carbons (Fsp3) is 0.400. The maximum absolute atomic E-state index is 13.2. The Labute approximate surface area is 158 Å². The molecule has 28 heavy (non-hydrogen) atoms. The first-order valence-corrected chi connectivity index (χ1v) is 9.17. The molecule has 1 aromatic heterocycles. The van der Waals surface area contributed by atoms with Gasteiger partial charge in [0.25, 0.3) is 5.91 Å². The number of hydrogen-bond acceptors (Lipinski definition) is 3. The van der Waals surface area contributed by atoms with Crippen LogP contribution in [0.15, 0.2) is 41.3 Å². The number of hydrogen-bond donors (Lipinski definition) is 2. The second kappa shape index (κ2) is 7.00. The summed E-state index contributed by atoms with van der Waals surface area (Å²) in [6.45, 7) is 0. The number of rotatable bonds is 4. The number of halogens is 3. The van der Waals surface area contributed by atoms with Gasteiger partial charge in [-0.3, -0.25) is 9.59 Å². The normalized spacial score (nSPS) is 23.6. The van der Waals surface area contributed by atoms with E-state index in [0.717, 1.165) is 43.9 Å². The molecule has 8 heteroatoms. The quantitative estimate of drug-likeness (QED) is 0.819. The Kier molecular flexibility index (Phi) is 4.64. The van der Waals surface area contributed by atoms with Crippen LogP contribution in [0.4, 0.5) is 18.9 Å². The van der Waals surface area contributed by atoms with E-state index in [1.54, 1.807) is 0 Å². The van der Waals surface area contributed by atoms with Crippen molar-refractivity contribution < 1.29 is 22.7 Å². The highest BCUT2D eigenvalue weighted by molar-refractivity contribution is 6.06. The Balaban J connectivity index is 1.63. The van der Waals surface area contributed by atoms with Gasteiger partial charge in [0.2, 0.25) is 5.56 Å². The fourth-order valence-electron chi connectivity index (χ4n) is 4.20. The van der Waals surface area contributed by atoms with E-state index in [4.69, 9.17) is 4.74 Å². The third kappa shape index (κ3) is 3.76. The largest absolute Gasteiger partial charge is 0.489 e. The van der Waals surface area contributed by atoms with Crippen molar-refractivity contribution in [3.8, 4) is 5.75 Å². The van der Waals surface area contributed by atoms with Crippen molar-refractivity contribution >= 4 is 11.6 Å². The highest BCUT2D eigenvalue weighted by atomic mass is 19.4. The maximum Gasteiger partial charge on any atom is 0.416 e. The van der Waals surface area contributed by atoms with Gasteiger partial charge in [-0.1, -0.05) is 0 Å². The highest BCUT2D eigenvalue weighted by Crippen LogP contribution is 2.46. The van der Waals surface area contributed by atoms with Gasteiger partial charge in [-0.05, 0) is 61.8 Å². The molecule has 4 rings (SSSR count). The molecule has 1 heterocycles. The summed E-state index contributed by atoms with van der Waals surface area (Å²) in [6.07, 6.45) is 0.624. The molecule has 0 saturated heterocycles. The van der Waals surface area contributed by atoms with Crippen molar-refractivity contribution in [3.05, 3.63) is 58.0 Å². The molecule has 2 aromatic rings. The first-order chi connectivity index (χ1) is 13.3. The summed E-state index contributed by atoms with van der Waals surface area (Å²) < 4.78 is 45.4. The fourth-order valence-corrected chi connectivity index (χ4v) is 4.20. The third-order valence-electron chi connectivity index (χ3n) is 5.54. The number of ether oxygens (including phenoxy) is 1. The molecular formula is C20H19F3N2O3. The molecule has 1 aromatic carbocycles. The summed E-state index contributed by atoms with van der Waals surface area (Å²) in [4.78, 5) is 26.5. The minimum Gasteiger partial charge on any atom is -0.489 e. The standard InChI is InChI=1S/C20H19F3N2O3/c21-20(22,23)13-3-4-15(19(27)25-14-5-6-24-18(26)10-14)17(9-13)28-16-8-11-1-2-12(16)7-11/h3-6,9-12,16H,1-2,7-8H2,(H2,24,25,26,27)/t11?,12?,16-/m1/s1. The van der Waals surface area contributed by atoms with Gasteiger partial charge >= 0.3 is 6.18 Å². The SMILES string of the molecule is O=C(Nc1cc[nH]c(=O)c1)c1ccc(C(F)(F)F)cc1O[C@@H]1CC2CCC1C2. The minimum atomic E-state index is -4.53. The summed E-state index contributed by atoms with van der Waals surface area (Å²) in [7, 11) is 0. The summed E-state index contributed by atoms with van der Waals surface area (Å²) in [5.74, 6) is 0.171. The van der Waals surface area contributed by atoms with Crippen LogP contribution in [-0.4, -0.2) is 17.0 Å². The Morgan fingerprint density at radius 2 is 1.96 bits per heavy atom. The number of pyridine rings is 1. The van der Waals surface area contributed by atoms with Crippen LogP contribution >= 0.6 is 0 Å². The van der Waals surface area contributed by atoms with Crippen LogP contribution in [0.5, 0.6) is 5.75 Å². The Morgan fingerprint density at radius 1 is 1.14 bits per heavy atom. The van der Waals surface area contributed by atoms with Crippen molar-refractivity contribution in [2.24, 2.45) is 11.8 Å². The molecule has 2 unspecified atom stereocenters. The summed E-state index contributed by atoms with van der Waals surface area (Å²) >= 11 is 0. The van der Waals surface area contributed by atoms with Crippen LogP contribution in [0.3, 0.4) is 0 Å². The molecular weight excluding hydrogens is 373 g/mol. The van der Waals surface area contributed by atoms with Crippen LogP contribution < -0.4 is 15.6 Å². The lowest BCUT2D eigenvalue weighted by Gasteiger charge is -2.25.